The van der Waals surface area contributed by atoms with Gasteiger partial charge in [0.2, 0.25) is 5.91 Å². The molecule has 0 aromatic carbocycles. The van der Waals surface area contributed by atoms with Crippen LogP contribution >= 0.6 is 11.6 Å². The van der Waals surface area contributed by atoms with Gasteiger partial charge in [0, 0.05) is 31.1 Å². The van der Waals surface area contributed by atoms with E-state index in [1.165, 1.54) is 12.8 Å². The summed E-state index contributed by atoms with van der Waals surface area (Å²) in [6, 6.07) is 0.370. The van der Waals surface area contributed by atoms with Crippen LogP contribution in [0.3, 0.4) is 0 Å². The second-order valence-electron chi connectivity index (χ2n) is 9.64. The molecule has 0 aromatic rings. The van der Waals surface area contributed by atoms with Crippen molar-refractivity contribution in [3.05, 3.63) is 0 Å². The van der Waals surface area contributed by atoms with Gasteiger partial charge >= 0.3 is 0 Å². The van der Waals surface area contributed by atoms with Gasteiger partial charge in [-0.15, -0.1) is 11.6 Å². The van der Waals surface area contributed by atoms with Crippen LogP contribution in [0.15, 0.2) is 0 Å². The Hall–Kier alpha value is -0.440. The summed E-state index contributed by atoms with van der Waals surface area (Å²) in [5, 5.41) is 10.8. The van der Waals surface area contributed by atoms with Crippen molar-refractivity contribution in [1.29, 1.82) is 0 Å². The number of halogens is 1. The highest BCUT2D eigenvalue weighted by Crippen LogP contribution is 2.35. The van der Waals surface area contributed by atoms with Crippen LogP contribution in [0.1, 0.15) is 45.4 Å². The van der Waals surface area contributed by atoms with Crippen molar-refractivity contribution in [3.8, 4) is 0 Å². The molecular weight excluding hydrogens is 390 g/mol. The van der Waals surface area contributed by atoms with Crippen LogP contribution in [-0.2, 0) is 9.53 Å². The number of hydrogen-bond acceptors (Lipinski definition) is 6. The molecule has 2 saturated carbocycles. The maximum atomic E-state index is 12.1. The van der Waals surface area contributed by atoms with Crippen LogP contribution in [0.2, 0.25) is 0 Å². The third kappa shape index (κ3) is 5.63. The number of likely N-dealkylation sites (tertiary alicyclic amines) is 1. The Kier molecular flexibility index (Phi) is 7.35. The molecule has 29 heavy (non-hydrogen) atoms. The fourth-order valence-electron chi connectivity index (χ4n) is 5.09. The average Bonchev–Trinajstić information content (AvgIpc) is 3.40. The minimum absolute atomic E-state index is 0.000815. The second kappa shape index (κ2) is 9.79. The number of hydrogen-bond donors (Lipinski definition) is 4. The molecule has 4 rings (SSSR count). The number of carbonyl (C=O) groups excluding carboxylic acids is 1. The molecule has 0 spiro atoms. The first kappa shape index (κ1) is 21.8. The highest BCUT2D eigenvalue weighted by molar-refractivity contribution is 6.20. The summed E-state index contributed by atoms with van der Waals surface area (Å²) in [7, 11) is 0. The Morgan fingerprint density at radius 2 is 2.10 bits per heavy atom. The molecule has 8 heteroatoms. The van der Waals surface area contributed by atoms with Gasteiger partial charge in [-0.2, -0.15) is 0 Å². The summed E-state index contributed by atoms with van der Waals surface area (Å²) in [5.41, 5.74) is 5.93. The summed E-state index contributed by atoms with van der Waals surface area (Å²) in [6.45, 7) is 5.89. The zero-order valence-electron chi connectivity index (χ0n) is 17.6. The fourth-order valence-corrected chi connectivity index (χ4v) is 5.44. The van der Waals surface area contributed by atoms with Crippen molar-refractivity contribution >= 4 is 17.5 Å². The molecule has 5 N–H and O–H groups in total. The first-order valence-corrected chi connectivity index (χ1v) is 12.0. The maximum absolute atomic E-state index is 12.1. The number of rotatable bonds is 7. The molecule has 4 fully saturated rings. The summed E-state index contributed by atoms with van der Waals surface area (Å²) in [6.07, 6.45) is 7.04. The lowest BCUT2D eigenvalue weighted by atomic mass is 9.80. The lowest BCUT2D eigenvalue weighted by molar-refractivity contribution is -0.131. The van der Waals surface area contributed by atoms with Gasteiger partial charge in [-0.3, -0.25) is 20.3 Å². The molecule has 2 saturated heterocycles. The molecule has 7 unspecified atom stereocenters. The number of nitrogens with two attached hydrogens (primary N) is 1. The number of amides is 1. The van der Waals surface area contributed by atoms with Crippen LogP contribution < -0.4 is 21.7 Å². The molecule has 0 radical (unpaired) electrons. The smallest absolute Gasteiger partial charge is 0.246 e. The van der Waals surface area contributed by atoms with E-state index in [2.05, 4.69) is 27.8 Å². The Morgan fingerprint density at radius 1 is 1.28 bits per heavy atom. The largest absolute Gasteiger partial charge is 0.364 e. The number of ether oxygens (including phenoxy) is 1. The monoisotopic (exact) mass is 427 g/mol. The quantitative estimate of drug-likeness (QED) is 0.450. The van der Waals surface area contributed by atoms with Crippen molar-refractivity contribution in [1.82, 2.24) is 20.9 Å². The Balaban J connectivity index is 1.36. The number of nitrogens with zero attached hydrogens (tertiary/aromatic N) is 1. The molecule has 1 amide bonds. The van der Waals surface area contributed by atoms with E-state index in [1.54, 1.807) is 0 Å². The van der Waals surface area contributed by atoms with Gasteiger partial charge in [-0.1, -0.05) is 6.92 Å². The van der Waals surface area contributed by atoms with E-state index in [1.807, 2.05) is 0 Å². The van der Waals surface area contributed by atoms with Crippen molar-refractivity contribution in [2.45, 2.75) is 75.3 Å². The van der Waals surface area contributed by atoms with Crippen molar-refractivity contribution in [2.75, 3.05) is 32.8 Å². The molecule has 166 valence electrons. The van der Waals surface area contributed by atoms with Crippen LogP contribution in [0.25, 0.3) is 0 Å². The molecule has 0 aromatic heterocycles. The summed E-state index contributed by atoms with van der Waals surface area (Å²) in [5.74, 6) is 1.67. The summed E-state index contributed by atoms with van der Waals surface area (Å²) >= 11 is 6.59. The van der Waals surface area contributed by atoms with Crippen LogP contribution in [0.4, 0.5) is 0 Å². The first-order chi connectivity index (χ1) is 14.0. The average molecular weight is 428 g/mol. The van der Waals surface area contributed by atoms with Gasteiger partial charge in [0.15, 0.2) is 0 Å². The van der Waals surface area contributed by atoms with Gasteiger partial charge in [0.1, 0.15) is 6.61 Å². The molecule has 7 nitrogen and oxygen atoms in total. The normalized spacial score (nSPS) is 41.4. The van der Waals surface area contributed by atoms with Gasteiger partial charge < -0.3 is 15.8 Å². The van der Waals surface area contributed by atoms with Crippen molar-refractivity contribution in [2.24, 2.45) is 23.5 Å². The molecular formula is C21H38ClN5O2. The molecule has 4 aliphatic rings. The molecule has 2 heterocycles. The van der Waals surface area contributed by atoms with Gasteiger partial charge in [-0.05, 0) is 62.8 Å². The minimum atomic E-state index is -0.0537. The minimum Gasteiger partial charge on any atom is -0.364 e. The van der Waals surface area contributed by atoms with E-state index in [-0.39, 0.29) is 36.3 Å². The fraction of sp³-hybridized carbons (Fsp3) is 0.952. The summed E-state index contributed by atoms with van der Waals surface area (Å²) in [4.78, 5) is 14.6. The first-order valence-electron chi connectivity index (χ1n) is 11.5. The zero-order chi connectivity index (χ0) is 20.4. The van der Waals surface area contributed by atoms with Gasteiger partial charge in [-0.25, -0.2) is 0 Å². The van der Waals surface area contributed by atoms with E-state index in [9.17, 15) is 4.79 Å². The highest BCUT2D eigenvalue weighted by atomic mass is 35.5. The maximum Gasteiger partial charge on any atom is 0.246 e. The van der Waals surface area contributed by atoms with E-state index >= 15 is 0 Å². The SMILES string of the molecule is CC1CCC(C2NCC(OCC(=O)NC3CC3)C(N3CCC(CN)C3)N2)CC1Cl. The predicted molar refractivity (Wildman–Crippen MR) is 114 cm³/mol. The third-order valence-corrected chi connectivity index (χ3v) is 7.87. The van der Waals surface area contributed by atoms with Gasteiger partial charge in [0.05, 0.1) is 18.4 Å². The second-order valence-corrected chi connectivity index (χ2v) is 10.2. The van der Waals surface area contributed by atoms with Crippen molar-refractivity contribution < 1.29 is 9.53 Å². The molecule has 0 bridgehead atoms. The van der Waals surface area contributed by atoms with Gasteiger partial charge in [0.25, 0.3) is 0 Å². The van der Waals surface area contributed by atoms with Crippen LogP contribution in [-0.4, -0.2) is 73.4 Å². The molecule has 7 atom stereocenters. The lowest BCUT2D eigenvalue weighted by Crippen LogP contribution is -2.69. The van der Waals surface area contributed by atoms with Crippen LogP contribution in [0, 0.1) is 17.8 Å². The third-order valence-electron chi connectivity index (χ3n) is 7.27. The van der Waals surface area contributed by atoms with E-state index in [0.29, 0.717) is 23.8 Å². The topological polar surface area (TPSA) is 91.7 Å². The number of alkyl halides is 1. The zero-order valence-corrected chi connectivity index (χ0v) is 18.4. The summed E-state index contributed by atoms with van der Waals surface area (Å²) < 4.78 is 6.11. The highest BCUT2D eigenvalue weighted by Gasteiger charge is 2.41. The van der Waals surface area contributed by atoms with E-state index < -0.39 is 0 Å². The Labute approximate surface area is 179 Å². The number of nitrogens with one attached hydrogen (secondary N) is 3. The Morgan fingerprint density at radius 3 is 2.79 bits per heavy atom. The molecule has 2 aliphatic carbocycles. The van der Waals surface area contributed by atoms with Crippen molar-refractivity contribution in [3.63, 3.8) is 0 Å². The van der Waals surface area contributed by atoms with E-state index in [4.69, 9.17) is 22.1 Å². The molecule has 2 aliphatic heterocycles. The Bertz CT molecular complexity index is 563. The number of carbonyl (C=O) groups is 1. The lowest BCUT2D eigenvalue weighted by Gasteiger charge is -2.46. The van der Waals surface area contributed by atoms with E-state index in [0.717, 1.165) is 51.9 Å². The standard InChI is InChI=1S/C21H38ClN5O2/c1-13-2-3-15(8-17(13)22)20-24-10-18(29-12-19(28)25-16-4-5-16)21(26-20)27-7-6-14(9-23)11-27/h13-18,20-21,24,26H,2-12,23H2,1H3,(H,25,28). The van der Waals surface area contributed by atoms with Crippen LogP contribution in [0.5, 0.6) is 0 Å². The predicted octanol–water partition coefficient (Wildman–Crippen LogP) is 0.819.